The van der Waals surface area contributed by atoms with E-state index in [0.29, 0.717) is 11.9 Å². The number of nitrogens with zero attached hydrogens (tertiary/aromatic N) is 2. The molecule has 0 aromatic carbocycles. The predicted molar refractivity (Wildman–Crippen MR) is 68.5 cm³/mol. The molecule has 2 saturated carbocycles. The maximum atomic E-state index is 5.63. The highest BCUT2D eigenvalue weighted by Crippen LogP contribution is 2.49. The number of nitrogens with one attached hydrogen (secondary N) is 1. The van der Waals surface area contributed by atoms with Crippen molar-refractivity contribution < 1.29 is 0 Å². The third kappa shape index (κ3) is 2.08. The van der Waals surface area contributed by atoms with E-state index in [9.17, 15) is 0 Å². The Morgan fingerprint density at radius 2 is 2.24 bits per heavy atom. The molecule has 17 heavy (non-hydrogen) atoms. The monoisotopic (exact) mass is 232 g/mol. The van der Waals surface area contributed by atoms with Gasteiger partial charge in [0.05, 0.1) is 12.4 Å². The average Bonchev–Trinajstić information content (AvgIpc) is 2.90. The molecule has 2 aliphatic carbocycles. The fourth-order valence-electron chi connectivity index (χ4n) is 3.70. The third-order valence-corrected chi connectivity index (χ3v) is 4.46. The van der Waals surface area contributed by atoms with Gasteiger partial charge in [0.25, 0.3) is 0 Å². The van der Waals surface area contributed by atoms with E-state index in [-0.39, 0.29) is 0 Å². The van der Waals surface area contributed by atoms with Crippen molar-refractivity contribution in [3.05, 3.63) is 12.4 Å². The second-order valence-electron chi connectivity index (χ2n) is 5.60. The van der Waals surface area contributed by atoms with Crippen LogP contribution in [-0.2, 0) is 0 Å². The third-order valence-electron chi connectivity index (χ3n) is 4.46. The van der Waals surface area contributed by atoms with Crippen LogP contribution in [0, 0.1) is 17.8 Å². The van der Waals surface area contributed by atoms with Crippen LogP contribution < -0.4 is 11.1 Å². The summed E-state index contributed by atoms with van der Waals surface area (Å²) in [6.07, 6.45) is 9.03. The van der Waals surface area contributed by atoms with E-state index in [4.69, 9.17) is 5.73 Å². The molecule has 2 aliphatic rings. The zero-order valence-electron chi connectivity index (χ0n) is 10.3. The minimum atomic E-state index is 0.474. The summed E-state index contributed by atoms with van der Waals surface area (Å²) in [5.74, 6) is 4.00. The Morgan fingerprint density at radius 1 is 1.35 bits per heavy atom. The van der Waals surface area contributed by atoms with Gasteiger partial charge >= 0.3 is 0 Å². The van der Waals surface area contributed by atoms with Gasteiger partial charge in [0.2, 0.25) is 0 Å². The summed E-state index contributed by atoms with van der Waals surface area (Å²) >= 11 is 0. The molecule has 92 valence electrons. The molecule has 0 saturated heterocycles. The van der Waals surface area contributed by atoms with Crippen LogP contribution in [0.3, 0.4) is 0 Å². The topological polar surface area (TPSA) is 63.8 Å². The second-order valence-corrected chi connectivity index (χ2v) is 5.60. The van der Waals surface area contributed by atoms with Gasteiger partial charge in [-0.2, -0.15) is 0 Å². The lowest BCUT2D eigenvalue weighted by atomic mass is 9.84. The summed E-state index contributed by atoms with van der Waals surface area (Å²) in [6, 6.07) is 0.474. The highest BCUT2D eigenvalue weighted by Gasteiger charge is 2.41. The maximum Gasteiger partial charge on any atom is 0.147 e. The standard InChI is InChI=1S/C13H20N4/c1-8(11-5-9-2-3-10(11)4-9)16-13-7-15-6-12(14)17-13/h6-11H,2-5H2,1H3,(H3,14,16,17). The van der Waals surface area contributed by atoms with E-state index in [1.54, 1.807) is 12.4 Å². The molecule has 1 heterocycles. The van der Waals surface area contributed by atoms with Crippen LogP contribution in [0.15, 0.2) is 12.4 Å². The SMILES string of the molecule is CC(Nc1cncc(N)n1)C1CC2CCC1C2. The van der Waals surface area contributed by atoms with Crippen LogP contribution in [0.2, 0.25) is 0 Å². The van der Waals surface area contributed by atoms with Gasteiger partial charge in [-0.15, -0.1) is 0 Å². The van der Waals surface area contributed by atoms with Gasteiger partial charge in [0.1, 0.15) is 11.6 Å². The highest BCUT2D eigenvalue weighted by atomic mass is 15.1. The second kappa shape index (κ2) is 4.17. The van der Waals surface area contributed by atoms with Crippen molar-refractivity contribution in [1.29, 1.82) is 0 Å². The molecule has 2 fully saturated rings. The molecule has 0 spiro atoms. The Bertz CT molecular complexity index is 406. The minimum Gasteiger partial charge on any atom is -0.382 e. The Hall–Kier alpha value is -1.32. The number of hydrogen-bond acceptors (Lipinski definition) is 4. The molecule has 4 atom stereocenters. The number of hydrogen-bond donors (Lipinski definition) is 2. The van der Waals surface area contributed by atoms with Crippen molar-refractivity contribution in [2.24, 2.45) is 17.8 Å². The van der Waals surface area contributed by atoms with E-state index >= 15 is 0 Å². The number of nitrogen functional groups attached to an aromatic ring is 1. The van der Waals surface area contributed by atoms with Crippen LogP contribution in [0.4, 0.5) is 11.6 Å². The summed E-state index contributed by atoms with van der Waals surface area (Å²) in [5.41, 5.74) is 5.63. The fraction of sp³-hybridized carbons (Fsp3) is 0.692. The van der Waals surface area contributed by atoms with Crippen LogP contribution in [0.5, 0.6) is 0 Å². The maximum absolute atomic E-state index is 5.63. The first-order valence-electron chi connectivity index (χ1n) is 6.56. The largest absolute Gasteiger partial charge is 0.382 e. The molecular formula is C13H20N4. The lowest BCUT2D eigenvalue weighted by molar-refractivity contribution is 0.304. The first-order valence-corrected chi connectivity index (χ1v) is 6.56. The molecule has 3 rings (SSSR count). The van der Waals surface area contributed by atoms with Crippen LogP contribution >= 0.6 is 0 Å². The lowest BCUT2D eigenvalue weighted by Crippen LogP contribution is -2.30. The number of nitrogens with two attached hydrogens (primary N) is 1. The molecule has 1 aromatic heterocycles. The number of aromatic nitrogens is 2. The number of fused-ring (bicyclic) bond motifs is 2. The van der Waals surface area contributed by atoms with Gasteiger partial charge in [-0.3, -0.25) is 4.98 Å². The Morgan fingerprint density at radius 3 is 2.88 bits per heavy atom. The van der Waals surface area contributed by atoms with Crippen molar-refractivity contribution in [3.63, 3.8) is 0 Å². The molecular weight excluding hydrogens is 212 g/mol. The molecule has 1 aromatic rings. The van der Waals surface area contributed by atoms with Crippen LogP contribution in [-0.4, -0.2) is 16.0 Å². The van der Waals surface area contributed by atoms with Gasteiger partial charge in [-0.1, -0.05) is 6.42 Å². The molecule has 4 nitrogen and oxygen atoms in total. The summed E-state index contributed by atoms with van der Waals surface area (Å²) < 4.78 is 0. The van der Waals surface area contributed by atoms with Gasteiger partial charge < -0.3 is 11.1 Å². The fourth-order valence-corrected chi connectivity index (χ4v) is 3.70. The normalized spacial score (nSPS) is 32.6. The number of anilines is 2. The Labute approximate surface area is 102 Å². The molecule has 3 N–H and O–H groups in total. The van der Waals surface area contributed by atoms with E-state index in [0.717, 1.165) is 23.6 Å². The molecule has 4 heteroatoms. The molecule has 0 radical (unpaired) electrons. The van der Waals surface area contributed by atoms with E-state index in [1.807, 2.05) is 0 Å². The highest BCUT2D eigenvalue weighted by molar-refractivity contribution is 5.39. The first-order chi connectivity index (χ1) is 8.22. The molecule has 0 amide bonds. The van der Waals surface area contributed by atoms with Crippen LogP contribution in [0.1, 0.15) is 32.6 Å². The van der Waals surface area contributed by atoms with Gasteiger partial charge in [0, 0.05) is 6.04 Å². The molecule has 0 aliphatic heterocycles. The Kier molecular flexibility index (Phi) is 2.65. The van der Waals surface area contributed by atoms with Crippen molar-refractivity contribution in [3.8, 4) is 0 Å². The predicted octanol–water partition coefficient (Wildman–Crippen LogP) is 2.30. The average molecular weight is 232 g/mol. The van der Waals surface area contributed by atoms with E-state index in [2.05, 4.69) is 22.2 Å². The van der Waals surface area contributed by atoms with Gasteiger partial charge in [-0.05, 0) is 43.9 Å². The summed E-state index contributed by atoms with van der Waals surface area (Å²) in [5, 5.41) is 3.46. The van der Waals surface area contributed by atoms with Crippen LogP contribution in [0.25, 0.3) is 0 Å². The summed E-state index contributed by atoms with van der Waals surface area (Å²) in [4.78, 5) is 8.31. The van der Waals surface area contributed by atoms with Crippen molar-refractivity contribution in [1.82, 2.24) is 9.97 Å². The van der Waals surface area contributed by atoms with Crippen molar-refractivity contribution in [2.75, 3.05) is 11.1 Å². The minimum absolute atomic E-state index is 0.474. The summed E-state index contributed by atoms with van der Waals surface area (Å²) in [6.45, 7) is 2.26. The zero-order valence-corrected chi connectivity index (χ0v) is 10.3. The quantitative estimate of drug-likeness (QED) is 0.839. The first kappa shape index (κ1) is 10.8. The van der Waals surface area contributed by atoms with Crippen molar-refractivity contribution >= 4 is 11.6 Å². The summed E-state index contributed by atoms with van der Waals surface area (Å²) in [7, 11) is 0. The van der Waals surface area contributed by atoms with E-state index in [1.165, 1.54) is 25.7 Å². The number of rotatable bonds is 3. The molecule has 2 bridgehead atoms. The lowest BCUT2D eigenvalue weighted by Gasteiger charge is -2.28. The van der Waals surface area contributed by atoms with Gasteiger partial charge in [-0.25, -0.2) is 4.98 Å². The smallest absolute Gasteiger partial charge is 0.147 e. The molecule has 4 unspecified atom stereocenters. The Balaban J connectivity index is 1.65. The zero-order chi connectivity index (χ0) is 11.8. The van der Waals surface area contributed by atoms with Crippen molar-refractivity contribution in [2.45, 2.75) is 38.6 Å². The van der Waals surface area contributed by atoms with Gasteiger partial charge in [0.15, 0.2) is 0 Å². The van der Waals surface area contributed by atoms with E-state index < -0.39 is 0 Å².